The van der Waals surface area contributed by atoms with Gasteiger partial charge in [-0.25, -0.2) is 14.1 Å². The van der Waals surface area contributed by atoms with E-state index in [4.69, 9.17) is 21.1 Å². The Hall–Kier alpha value is -4.17. The van der Waals surface area contributed by atoms with Gasteiger partial charge in [0.2, 0.25) is 0 Å². The summed E-state index contributed by atoms with van der Waals surface area (Å²) in [4.78, 5) is 38.7. The van der Waals surface area contributed by atoms with Gasteiger partial charge in [0.05, 0.1) is 18.4 Å². The van der Waals surface area contributed by atoms with E-state index in [-0.39, 0.29) is 22.0 Å². The largest absolute Gasteiger partial charge is 0.497 e. The third-order valence-electron chi connectivity index (χ3n) is 4.75. The van der Waals surface area contributed by atoms with Crippen LogP contribution in [-0.4, -0.2) is 24.9 Å². The molecule has 1 aliphatic heterocycles. The molecule has 166 valence electrons. The number of methoxy groups -OCH3 is 1. The Morgan fingerprint density at radius 3 is 2.30 bits per heavy atom. The van der Waals surface area contributed by atoms with Crippen LogP contribution >= 0.6 is 11.6 Å². The Morgan fingerprint density at radius 1 is 0.939 bits per heavy atom. The molecule has 3 aromatic carbocycles. The van der Waals surface area contributed by atoms with E-state index in [1.165, 1.54) is 55.6 Å². The first-order valence-corrected chi connectivity index (χ1v) is 10.0. The topological polar surface area (TPSA) is 84.9 Å². The minimum atomic E-state index is -0.670. The molecule has 0 fully saturated rings. The van der Waals surface area contributed by atoms with E-state index in [1.807, 2.05) is 0 Å². The smallest absolute Gasteiger partial charge is 0.343 e. The molecular weight excluding hydrogens is 451 g/mol. The first kappa shape index (κ1) is 22.0. The zero-order valence-corrected chi connectivity index (χ0v) is 17.9. The SMILES string of the molecule is COc1cccc(N2C(=O)C(Cl)=C(Nc3ccc(C(=O)Oc4ccc(F)cc4)cc3)C2=O)c1. The first-order chi connectivity index (χ1) is 15.9. The lowest BCUT2D eigenvalue weighted by Crippen LogP contribution is -2.32. The van der Waals surface area contributed by atoms with E-state index >= 15 is 0 Å². The average Bonchev–Trinajstić information content (AvgIpc) is 3.04. The van der Waals surface area contributed by atoms with Crippen LogP contribution in [0.3, 0.4) is 0 Å². The Bertz CT molecular complexity index is 1270. The molecular formula is C24H16ClFN2O5. The number of amides is 2. The summed E-state index contributed by atoms with van der Waals surface area (Å²) in [6, 6.07) is 17.5. The number of hydrogen-bond acceptors (Lipinski definition) is 6. The number of ether oxygens (including phenoxy) is 2. The number of carbonyl (C=O) groups is 3. The number of benzene rings is 3. The molecule has 0 bridgehead atoms. The second-order valence-electron chi connectivity index (χ2n) is 6.88. The zero-order valence-electron chi connectivity index (χ0n) is 17.2. The summed E-state index contributed by atoms with van der Waals surface area (Å²) in [5, 5.41) is 2.57. The fraction of sp³-hybridized carbons (Fsp3) is 0.0417. The van der Waals surface area contributed by atoms with Crippen LogP contribution in [0.25, 0.3) is 0 Å². The van der Waals surface area contributed by atoms with Crippen LogP contribution in [0.2, 0.25) is 0 Å². The van der Waals surface area contributed by atoms with E-state index in [0.717, 1.165) is 4.90 Å². The molecule has 7 nitrogen and oxygen atoms in total. The zero-order chi connectivity index (χ0) is 23.5. The van der Waals surface area contributed by atoms with Gasteiger partial charge in [0, 0.05) is 11.8 Å². The Kier molecular flexibility index (Phi) is 6.10. The highest BCUT2D eigenvalue weighted by Gasteiger charge is 2.39. The van der Waals surface area contributed by atoms with Gasteiger partial charge in [0.1, 0.15) is 28.0 Å². The van der Waals surface area contributed by atoms with Crippen LogP contribution in [0, 0.1) is 5.82 Å². The van der Waals surface area contributed by atoms with Crippen molar-refractivity contribution in [2.75, 3.05) is 17.3 Å². The van der Waals surface area contributed by atoms with Gasteiger partial charge in [-0.1, -0.05) is 17.7 Å². The highest BCUT2D eigenvalue weighted by atomic mass is 35.5. The summed E-state index contributed by atoms with van der Waals surface area (Å²) in [5.74, 6) is -1.69. The number of esters is 1. The number of nitrogens with zero attached hydrogens (tertiary/aromatic N) is 1. The van der Waals surface area contributed by atoms with Crippen molar-refractivity contribution in [3.05, 3.63) is 94.9 Å². The summed E-state index contributed by atoms with van der Waals surface area (Å²) in [7, 11) is 1.48. The Balaban J connectivity index is 1.48. The highest BCUT2D eigenvalue weighted by Crippen LogP contribution is 2.31. The normalized spacial score (nSPS) is 13.4. The number of carbonyl (C=O) groups excluding carboxylic acids is 3. The summed E-state index contributed by atoms with van der Waals surface area (Å²) in [6.07, 6.45) is 0. The fourth-order valence-electron chi connectivity index (χ4n) is 3.10. The predicted molar refractivity (Wildman–Crippen MR) is 120 cm³/mol. The van der Waals surface area contributed by atoms with Crippen LogP contribution < -0.4 is 19.7 Å². The molecule has 0 atom stereocenters. The lowest BCUT2D eigenvalue weighted by Gasteiger charge is -2.16. The number of rotatable bonds is 6. The van der Waals surface area contributed by atoms with E-state index < -0.39 is 23.6 Å². The monoisotopic (exact) mass is 466 g/mol. The number of hydrogen-bond donors (Lipinski definition) is 1. The maximum atomic E-state index is 13.0. The van der Waals surface area contributed by atoms with Gasteiger partial charge in [-0.3, -0.25) is 9.59 Å². The lowest BCUT2D eigenvalue weighted by molar-refractivity contribution is -0.120. The van der Waals surface area contributed by atoms with Gasteiger partial charge in [-0.05, 0) is 60.7 Å². The molecule has 1 aliphatic rings. The molecule has 0 saturated heterocycles. The van der Waals surface area contributed by atoms with Crippen LogP contribution in [0.5, 0.6) is 11.5 Å². The van der Waals surface area contributed by atoms with Crippen molar-refractivity contribution in [3.63, 3.8) is 0 Å². The van der Waals surface area contributed by atoms with Gasteiger partial charge in [0.25, 0.3) is 11.8 Å². The van der Waals surface area contributed by atoms with Crippen molar-refractivity contribution in [2.45, 2.75) is 0 Å². The second kappa shape index (κ2) is 9.13. The molecule has 0 unspecified atom stereocenters. The predicted octanol–water partition coefficient (Wildman–Crippen LogP) is 4.49. The van der Waals surface area contributed by atoms with Gasteiger partial charge >= 0.3 is 5.97 Å². The average molecular weight is 467 g/mol. The van der Waals surface area contributed by atoms with Crippen molar-refractivity contribution in [1.29, 1.82) is 0 Å². The molecule has 1 N–H and O–H groups in total. The molecule has 0 radical (unpaired) electrons. The lowest BCUT2D eigenvalue weighted by atomic mass is 10.2. The number of nitrogens with one attached hydrogen (secondary N) is 1. The Morgan fingerprint density at radius 2 is 1.64 bits per heavy atom. The molecule has 9 heteroatoms. The molecule has 0 saturated carbocycles. The van der Waals surface area contributed by atoms with E-state index in [2.05, 4.69) is 5.32 Å². The van der Waals surface area contributed by atoms with E-state index in [0.29, 0.717) is 17.1 Å². The third kappa shape index (κ3) is 4.56. The fourth-order valence-corrected chi connectivity index (χ4v) is 3.31. The first-order valence-electron chi connectivity index (χ1n) is 9.65. The molecule has 0 spiro atoms. The van der Waals surface area contributed by atoms with Gasteiger partial charge in [-0.15, -0.1) is 0 Å². The van der Waals surface area contributed by atoms with Crippen molar-refractivity contribution in [3.8, 4) is 11.5 Å². The van der Waals surface area contributed by atoms with Crippen molar-refractivity contribution < 1.29 is 28.2 Å². The molecule has 3 aromatic rings. The molecule has 1 heterocycles. The molecule has 0 aliphatic carbocycles. The standard InChI is InChI=1S/C24H16ClFN2O5/c1-32-19-4-2-3-17(13-19)28-22(29)20(25)21(23(28)30)27-16-9-5-14(6-10-16)24(31)33-18-11-7-15(26)8-12-18/h2-13,27H,1H3. The quantitative estimate of drug-likeness (QED) is 0.327. The summed E-state index contributed by atoms with van der Waals surface area (Å²) >= 11 is 6.15. The minimum absolute atomic E-state index is 0.0916. The van der Waals surface area contributed by atoms with Crippen LogP contribution in [-0.2, 0) is 9.59 Å². The van der Waals surface area contributed by atoms with Crippen molar-refractivity contribution in [1.82, 2.24) is 0 Å². The highest BCUT2D eigenvalue weighted by molar-refractivity contribution is 6.53. The number of anilines is 2. The molecule has 0 aromatic heterocycles. The van der Waals surface area contributed by atoms with E-state index in [1.54, 1.807) is 24.3 Å². The summed E-state index contributed by atoms with van der Waals surface area (Å²) in [6.45, 7) is 0. The maximum absolute atomic E-state index is 13.0. The molecule has 33 heavy (non-hydrogen) atoms. The molecule has 2 amide bonds. The number of halogens is 2. The van der Waals surface area contributed by atoms with Crippen LogP contribution in [0.1, 0.15) is 10.4 Å². The Labute approximate surface area is 193 Å². The van der Waals surface area contributed by atoms with E-state index in [9.17, 15) is 18.8 Å². The number of imide groups is 1. The van der Waals surface area contributed by atoms with Crippen LogP contribution in [0.15, 0.2) is 83.5 Å². The summed E-state index contributed by atoms with van der Waals surface area (Å²) < 4.78 is 23.3. The van der Waals surface area contributed by atoms with Crippen molar-refractivity contribution >= 4 is 40.8 Å². The van der Waals surface area contributed by atoms with Gasteiger partial charge in [-0.2, -0.15) is 0 Å². The second-order valence-corrected chi connectivity index (χ2v) is 7.26. The minimum Gasteiger partial charge on any atom is -0.497 e. The third-order valence-corrected chi connectivity index (χ3v) is 5.10. The summed E-state index contributed by atoms with van der Waals surface area (Å²) in [5.41, 5.74) is 0.885. The van der Waals surface area contributed by atoms with Crippen LogP contribution in [0.4, 0.5) is 15.8 Å². The van der Waals surface area contributed by atoms with Crippen molar-refractivity contribution in [2.24, 2.45) is 0 Å². The van der Waals surface area contributed by atoms with Gasteiger partial charge < -0.3 is 14.8 Å². The van der Waals surface area contributed by atoms with Gasteiger partial charge in [0.15, 0.2) is 0 Å². The molecule has 4 rings (SSSR count). The maximum Gasteiger partial charge on any atom is 0.343 e.